The summed E-state index contributed by atoms with van der Waals surface area (Å²) >= 11 is 1.85. The lowest BCUT2D eigenvalue weighted by Crippen LogP contribution is -2.27. The number of allylic oxidation sites excluding steroid dienone is 2. The summed E-state index contributed by atoms with van der Waals surface area (Å²) in [5.41, 5.74) is 9.34. The van der Waals surface area contributed by atoms with Gasteiger partial charge in [-0.25, -0.2) is 4.98 Å². The van der Waals surface area contributed by atoms with Gasteiger partial charge in [-0.2, -0.15) is 0 Å². The molecule has 3 aromatic heterocycles. The van der Waals surface area contributed by atoms with Gasteiger partial charge in [0, 0.05) is 49.9 Å². The van der Waals surface area contributed by atoms with Gasteiger partial charge in [0.05, 0.1) is 17.1 Å². The molecule has 5 heterocycles. The van der Waals surface area contributed by atoms with E-state index in [4.69, 9.17) is 9.98 Å². The Balaban J connectivity index is 1.24. The van der Waals surface area contributed by atoms with E-state index in [1.165, 1.54) is 48.5 Å². The van der Waals surface area contributed by atoms with Crippen molar-refractivity contribution < 1.29 is 0 Å². The maximum Gasteiger partial charge on any atom is 0.145 e. The second-order valence-electron chi connectivity index (χ2n) is 10.2. The fourth-order valence-corrected chi connectivity index (χ4v) is 7.30. The van der Waals surface area contributed by atoms with Gasteiger partial charge in [0.2, 0.25) is 0 Å². The zero-order chi connectivity index (χ0) is 25.5. The number of amidine groups is 1. The minimum Gasteiger partial charge on any atom is -0.303 e. The highest BCUT2D eigenvalue weighted by Crippen LogP contribution is 2.43. The number of benzene rings is 3. The first-order chi connectivity index (χ1) is 19.3. The third-order valence-electron chi connectivity index (χ3n) is 8.05. The van der Waals surface area contributed by atoms with Crippen molar-refractivity contribution in [1.82, 2.24) is 14.3 Å². The first-order valence-corrected chi connectivity index (χ1v) is 14.1. The summed E-state index contributed by atoms with van der Waals surface area (Å²) in [5, 5.41) is 2.40. The first-order valence-electron chi connectivity index (χ1n) is 13.3. The summed E-state index contributed by atoms with van der Waals surface area (Å²) < 4.78 is 2.25. The van der Waals surface area contributed by atoms with Crippen LogP contribution in [0.2, 0.25) is 0 Å². The molecule has 3 aliphatic rings. The number of nitrogens with zero attached hydrogens (tertiary/aromatic N) is 4. The number of rotatable bonds is 2. The van der Waals surface area contributed by atoms with Crippen LogP contribution in [-0.4, -0.2) is 26.2 Å². The van der Waals surface area contributed by atoms with E-state index >= 15 is 0 Å². The summed E-state index contributed by atoms with van der Waals surface area (Å²) in [5.74, 6) is 1.06. The van der Waals surface area contributed by atoms with Gasteiger partial charge in [-0.1, -0.05) is 72.8 Å². The molecule has 1 atom stereocenters. The summed E-state index contributed by atoms with van der Waals surface area (Å²) in [6.07, 6.45) is 12.1. The molecule has 9 rings (SSSR count). The molecule has 6 aromatic rings. The lowest BCUT2D eigenvalue weighted by atomic mass is 9.94. The van der Waals surface area contributed by atoms with Crippen molar-refractivity contribution in [2.24, 2.45) is 4.99 Å². The molecule has 3 aromatic carbocycles. The van der Waals surface area contributed by atoms with E-state index in [1.54, 1.807) is 0 Å². The van der Waals surface area contributed by atoms with Crippen LogP contribution in [0.25, 0.3) is 43.5 Å². The molecule has 1 aliphatic carbocycles. The zero-order valence-electron chi connectivity index (χ0n) is 21.0. The molecule has 4 nitrogen and oxygen atoms in total. The average molecular weight is 519 g/mol. The van der Waals surface area contributed by atoms with Crippen molar-refractivity contribution in [1.29, 1.82) is 0 Å². The maximum atomic E-state index is 5.11. The molecule has 5 heteroatoms. The molecule has 0 amide bonds. The summed E-state index contributed by atoms with van der Waals surface area (Å²) in [6, 6.07) is 30.4. The first kappa shape index (κ1) is 21.2. The number of pyridine rings is 1. The Kier molecular flexibility index (Phi) is 4.29. The molecule has 1 unspecified atom stereocenters. The number of thiophene rings is 1. The highest BCUT2D eigenvalue weighted by atomic mass is 32.1. The molecule has 0 saturated heterocycles. The molecule has 0 spiro atoms. The maximum absolute atomic E-state index is 5.11. The van der Waals surface area contributed by atoms with Crippen molar-refractivity contribution in [3.63, 3.8) is 0 Å². The Morgan fingerprint density at radius 3 is 2.51 bits per heavy atom. The van der Waals surface area contributed by atoms with E-state index in [1.807, 2.05) is 11.3 Å². The third-order valence-corrected chi connectivity index (χ3v) is 9.21. The van der Waals surface area contributed by atoms with Crippen LogP contribution in [0.4, 0.5) is 0 Å². The number of para-hydroxylation sites is 2. The van der Waals surface area contributed by atoms with Crippen LogP contribution in [-0.2, 0) is 0 Å². The van der Waals surface area contributed by atoms with Gasteiger partial charge < -0.3 is 4.90 Å². The molecular formula is C34H22N4S. The van der Waals surface area contributed by atoms with Crippen LogP contribution in [0.5, 0.6) is 0 Å². The van der Waals surface area contributed by atoms with Crippen LogP contribution in [0.1, 0.15) is 22.4 Å². The van der Waals surface area contributed by atoms with Crippen molar-refractivity contribution in [3.8, 4) is 10.4 Å². The fraction of sp³-hybridized carbons (Fsp3) is 0.0588. The normalized spacial score (nSPS) is 17.7. The van der Waals surface area contributed by atoms with Gasteiger partial charge in [0.1, 0.15) is 11.5 Å². The van der Waals surface area contributed by atoms with Gasteiger partial charge in [0.25, 0.3) is 0 Å². The minimum absolute atomic E-state index is 0.204. The van der Waals surface area contributed by atoms with Gasteiger partial charge >= 0.3 is 0 Å². The molecule has 0 radical (unpaired) electrons. The molecule has 0 saturated carbocycles. The number of aromatic nitrogens is 2. The number of aliphatic imine (C=N–C) groups is 1. The SMILES string of the molecule is C1=CCC2N=C3c4ccccc4C(c4ccc(-c5cn6c7ccccc7nc6c6ccccc56)s4)=CN3C2=C1. The fourth-order valence-electron chi connectivity index (χ4n) is 6.24. The second-order valence-corrected chi connectivity index (χ2v) is 11.3. The van der Waals surface area contributed by atoms with Crippen LogP contribution in [0.15, 0.2) is 126 Å². The monoisotopic (exact) mass is 518 g/mol. The molecule has 2 aliphatic heterocycles. The van der Waals surface area contributed by atoms with Crippen molar-refractivity contribution in [2.45, 2.75) is 12.5 Å². The van der Waals surface area contributed by atoms with Crippen LogP contribution in [0, 0.1) is 0 Å². The molecule has 0 bridgehead atoms. The van der Waals surface area contributed by atoms with Crippen molar-refractivity contribution >= 4 is 50.2 Å². The minimum atomic E-state index is 0.204. The topological polar surface area (TPSA) is 32.9 Å². The van der Waals surface area contributed by atoms with E-state index in [0.29, 0.717) is 0 Å². The van der Waals surface area contributed by atoms with Crippen LogP contribution in [0.3, 0.4) is 0 Å². The highest BCUT2D eigenvalue weighted by molar-refractivity contribution is 7.16. The van der Waals surface area contributed by atoms with Gasteiger partial charge in [-0.3, -0.25) is 9.39 Å². The van der Waals surface area contributed by atoms with Gasteiger partial charge in [-0.05, 0) is 47.7 Å². The van der Waals surface area contributed by atoms with Crippen LogP contribution >= 0.6 is 11.3 Å². The lowest BCUT2D eigenvalue weighted by molar-refractivity contribution is 0.642. The molecule has 184 valence electrons. The standard InChI is InChI=1S/C34H22N4S/c1-3-11-23-21(9-1)25(19-37-29-15-7-5-13-27(29)35-33(23)37)31-17-18-32(39-31)26-20-38-30-16-8-6-14-28(30)36-34(38)24-12-4-2-10-22(24)26/h1-13,15-20,28H,14H2. The number of hydrogen-bond acceptors (Lipinski definition) is 4. The smallest absolute Gasteiger partial charge is 0.145 e. The van der Waals surface area contributed by atoms with E-state index in [0.717, 1.165) is 28.9 Å². The zero-order valence-corrected chi connectivity index (χ0v) is 21.8. The quantitative estimate of drug-likeness (QED) is 0.232. The summed E-state index contributed by atoms with van der Waals surface area (Å²) in [6.45, 7) is 0. The van der Waals surface area contributed by atoms with Crippen molar-refractivity contribution in [2.75, 3.05) is 0 Å². The Labute approximate surface area is 229 Å². The predicted octanol–water partition coefficient (Wildman–Crippen LogP) is 8.05. The average Bonchev–Trinajstić information content (AvgIpc) is 3.72. The predicted molar refractivity (Wildman–Crippen MR) is 161 cm³/mol. The van der Waals surface area contributed by atoms with E-state index in [-0.39, 0.29) is 6.04 Å². The number of imidazole rings is 1. The van der Waals surface area contributed by atoms with E-state index < -0.39 is 0 Å². The number of fused-ring (bicyclic) bond motifs is 10. The van der Waals surface area contributed by atoms with Crippen LogP contribution < -0.4 is 0 Å². The Morgan fingerprint density at radius 2 is 1.56 bits per heavy atom. The van der Waals surface area contributed by atoms with Gasteiger partial charge in [0.15, 0.2) is 0 Å². The molecule has 39 heavy (non-hydrogen) atoms. The number of hydrogen-bond donors (Lipinski definition) is 0. The lowest BCUT2D eigenvalue weighted by Gasteiger charge is -2.28. The largest absolute Gasteiger partial charge is 0.303 e. The van der Waals surface area contributed by atoms with Crippen molar-refractivity contribution in [3.05, 3.63) is 137 Å². The Morgan fingerprint density at radius 1 is 0.769 bits per heavy atom. The van der Waals surface area contributed by atoms with E-state index in [2.05, 4.69) is 125 Å². The Bertz CT molecular complexity index is 2120. The summed E-state index contributed by atoms with van der Waals surface area (Å²) in [7, 11) is 0. The molecule has 0 fully saturated rings. The Hall–Kier alpha value is -4.74. The molecule has 0 N–H and O–H groups in total. The highest BCUT2D eigenvalue weighted by Gasteiger charge is 2.35. The third kappa shape index (κ3) is 2.99. The summed E-state index contributed by atoms with van der Waals surface area (Å²) in [4.78, 5) is 14.9. The van der Waals surface area contributed by atoms with Gasteiger partial charge in [-0.15, -0.1) is 11.3 Å². The molecular weight excluding hydrogens is 496 g/mol. The second kappa shape index (κ2) is 7.88. The van der Waals surface area contributed by atoms with E-state index in [9.17, 15) is 0 Å².